The van der Waals surface area contributed by atoms with Crippen molar-refractivity contribution >= 4 is 11.6 Å². The highest BCUT2D eigenvalue weighted by atomic mass is 19.4. The van der Waals surface area contributed by atoms with Gasteiger partial charge in [-0.15, -0.1) is 0 Å². The Hall–Kier alpha value is -2.53. The van der Waals surface area contributed by atoms with Crippen LogP contribution in [0.3, 0.4) is 0 Å². The quantitative estimate of drug-likeness (QED) is 0.621. The zero-order valence-corrected chi connectivity index (χ0v) is 12.4. The van der Waals surface area contributed by atoms with Gasteiger partial charge in [-0.1, -0.05) is 12.1 Å². The van der Waals surface area contributed by atoms with Gasteiger partial charge < -0.3 is 15.3 Å². The van der Waals surface area contributed by atoms with Crippen LogP contribution in [0.2, 0.25) is 0 Å². The summed E-state index contributed by atoms with van der Waals surface area (Å²) in [5.74, 6) is -0.944. The lowest BCUT2D eigenvalue weighted by Gasteiger charge is -2.17. The molecule has 0 heterocycles. The van der Waals surface area contributed by atoms with Gasteiger partial charge in [0.2, 0.25) is 0 Å². The van der Waals surface area contributed by atoms with E-state index in [1.165, 1.54) is 23.2 Å². The number of hydrogen-bond donors (Lipinski definition) is 2. The molecule has 8 heteroatoms. The topological polar surface area (TPSA) is 76.4 Å². The van der Waals surface area contributed by atoms with Crippen molar-refractivity contribution in [3.05, 3.63) is 41.6 Å². The second-order valence-electron chi connectivity index (χ2n) is 4.50. The summed E-state index contributed by atoms with van der Waals surface area (Å²) in [7, 11) is 0. The molecule has 0 fully saturated rings. The number of aliphatic hydroxyl groups is 1. The summed E-state index contributed by atoms with van der Waals surface area (Å²) in [5.41, 5.74) is -1.76. The Morgan fingerprint density at radius 3 is 2.61 bits per heavy atom. The number of carbonyl (C=O) groups is 1. The average Bonchev–Trinajstić information content (AvgIpc) is 2.50. The summed E-state index contributed by atoms with van der Waals surface area (Å²) in [6, 6.07) is 6.16. The predicted molar refractivity (Wildman–Crippen MR) is 78.1 cm³/mol. The van der Waals surface area contributed by atoms with Gasteiger partial charge in [-0.05, 0) is 19.1 Å². The largest absolute Gasteiger partial charge is 0.418 e. The Kier molecular flexibility index (Phi) is 6.60. The molecule has 1 aromatic rings. The summed E-state index contributed by atoms with van der Waals surface area (Å²) in [5, 5.41) is 20.0. The van der Waals surface area contributed by atoms with Crippen LogP contribution in [-0.2, 0) is 11.0 Å². The number of likely N-dealkylation sites (N-methyl/N-ethyl adjacent to an activating group) is 1. The van der Waals surface area contributed by atoms with Crippen molar-refractivity contribution < 1.29 is 23.1 Å². The highest BCUT2D eigenvalue weighted by Gasteiger charge is 2.33. The van der Waals surface area contributed by atoms with Gasteiger partial charge in [0, 0.05) is 19.3 Å². The van der Waals surface area contributed by atoms with E-state index in [1.807, 2.05) is 0 Å². The molecule has 1 rings (SSSR count). The van der Waals surface area contributed by atoms with Crippen molar-refractivity contribution in [2.75, 3.05) is 25.0 Å². The zero-order chi connectivity index (χ0) is 17.5. The monoisotopic (exact) mass is 327 g/mol. The van der Waals surface area contributed by atoms with Crippen LogP contribution < -0.4 is 5.32 Å². The number of nitrogens with zero attached hydrogens (tertiary/aromatic N) is 2. The van der Waals surface area contributed by atoms with Crippen molar-refractivity contribution in [1.29, 1.82) is 5.26 Å². The minimum Gasteiger partial charge on any atom is -0.395 e. The van der Waals surface area contributed by atoms with Gasteiger partial charge in [0.1, 0.15) is 11.6 Å². The number of nitrogens with one attached hydrogen (secondary N) is 1. The van der Waals surface area contributed by atoms with Crippen molar-refractivity contribution in [1.82, 2.24) is 4.90 Å². The normalized spacial score (nSPS) is 11.7. The van der Waals surface area contributed by atoms with Gasteiger partial charge in [0.25, 0.3) is 5.91 Å². The number of amides is 1. The number of anilines is 1. The summed E-state index contributed by atoms with van der Waals surface area (Å²) < 4.78 is 38.6. The molecule has 0 radical (unpaired) electrons. The number of alkyl halides is 3. The molecule has 2 N–H and O–H groups in total. The molecule has 0 aliphatic carbocycles. The minimum absolute atomic E-state index is 0.179. The molecule has 0 aliphatic rings. The minimum atomic E-state index is -4.62. The van der Waals surface area contributed by atoms with E-state index in [-0.39, 0.29) is 18.7 Å². The maximum absolute atomic E-state index is 12.9. The highest BCUT2D eigenvalue weighted by Crippen LogP contribution is 2.34. The van der Waals surface area contributed by atoms with Crippen molar-refractivity contribution in [2.45, 2.75) is 13.1 Å². The number of hydrogen-bond acceptors (Lipinski definition) is 4. The first kappa shape index (κ1) is 18.5. The highest BCUT2D eigenvalue weighted by molar-refractivity contribution is 6.06. The van der Waals surface area contributed by atoms with Gasteiger partial charge in [0.05, 0.1) is 17.9 Å². The Balaban J connectivity index is 3.03. The maximum atomic E-state index is 12.9. The zero-order valence-electron chi connectivity index (χ0n) is 12.4. The fourth-order valence-electron chi connectivity index (χ4n) is 1.79. The van der Waals surface area contributed by atoms with Crippen LogP contribution in [0.1, 0.15) is 12.5 Å². The van der Waals surface area contributed by atoms with Crippen LogP contribution in [0.5, 0.6) is 0 Å². The summed E-state index contributed by atoms with van der Waals surface area (Å²) in [6.07, 6.45) is -3.41. The molecule has 0 unspecified atom stereocenters. The second-order valence-corrected chi connectivity index (χ2v) is 4.50. The van der Waals surface area contributed by atoms with Gasteiger partial charge in [-0.2, -0.15) is 18.4 Å². The fourth-order valence-corrected chi connectivity index (χ4v) is 1.79. The molecule has 1 amide bonds. The molecule has 0 aromatic heterocycles. The van der Waals surface area contributed by atoms with Crippen LogP contribution >= 0.6 is 0 Å². The first-order valence-electron chi connectivity index (χ1n) is 6.77. The van der Waals surface area contributed by atoms with Gasteiger partial charge in [-0.25, -0.2) is 0 Å². The molecule has 0 bridgehead atoms. The third kappa shape index (κ3) is 5.30. The van der Waals surface area contributed by atoms with E-state index in [4.69, 9.17) is 10.4 Å². The van der Waals surface area contributed by atoms with Crippen LogP contribution in [0.25, 0.3) is 0 Å². The van der Waals surface area contributed by atoms with Crippen LogP contribution in [0, 0.1) is 11.3 Å². The number of nitriles is 1. The Labute approximate surface area is 131 Å². The number of para-hydroxylation sites is 1. The maximum Gasteiger partial charge on any atom is 0.418 e. The lowest BCUT2D eigenvalue weighted by Crippen LogP contribution is -2.24. The smallest absolute Gasteiger partial charge is 0.395 e. The van der Waals surface area contributed by atoms with E-state index in [1.54, 1.807) is 13.0 Å². The fraction of sp³-hybridized carbons (Fsp3) is 0.333. The SMILES string of the molecule is CCN(/C=C(/C#N)C(=O)Nc1ccccc1C(F)(F)F)CCO. The third-order valence-electron chi connectivity index (χ3n) is 2.95. The lowest BCUT2D eigenvalue weighted by atomic mass is 10.1. The number of halogens is 3. The Morgan fingerprint density at radius 2 is 2.09 bits per heavy atom. The summed E-state index contributed by atoms with van der Waals surface area (Å²) in [6.45, 7) is 2.20. The third-order valence-corrected chi connectivity index (χ3v) is 2.95. The number of rotatable bonds is 6. The Morgan fingerprint density at radius 1 is 1.43 bits per heavy atom. The van der Waals surface area contributed by atoms with E-state index >= 15 is 0 Å². The van der Waals surface area contributed by atoms with Crippen molar-refractivity contribution in [3.8, 4) is 6.07 Å². The number of benzene rings is 1. The molecule has 0 saturated heterocycles. The van der Waals surface area contributed by atoms with Crippen LogP contribution in [-0.4, -0.2) is 35.6 Å². The summed E-state index contributed by atoms with van der Waals surface area (Å²) >= 11 is 0. The number of carbonyl (C=O) groups excluding carboxylic acids is 1. The molecule has 0 aliphatic heterocycles. The van der Waals surface area contributed by atoms with Gasteiger partial charge >= 0.3 is 6.18 Å². The summed E-state index contributed by atoms with van der Waals surface area (Å²) in [4.78, 5) is 13.5. The molecule has 1 aromatic carbocycles. The molecule has 5 nitrogen and oxygen atoms in total. The first-order valence-corrected chi connectivity index (χ1v) is 6.77. The van der Waals surface area contributed by atoms with Crippen molar-refractivity contribution in [3.63, 3.8) is 0 Å². The molecular formula is C15H16F3N3O2. The van der Waals surface area contributed by atoms with E-state index in [0.29, 0.717) is 6.54 Å². The number of aliphatic hydroxyl groups excluding tert-OH is 1. The van der Waals surface area contributed by atoms with Crippen LogP contribution in [0.15, 0.2) is 36.0 Å². The average molecular weight is 327 g/mol. The van der Waals surface area contributed by atoms with Gasteiger partial charge in [0.15, 0.2) is 0 Å². The molecule has 0 spiro atoms. The molecule has 0 atom stereocenters. The second kappa shape index (κ2) is 8.19. The van der Waals surface area contributed by atoms with E-state index < -0.39 is 23.3 Å². The van der Waals surface area contributed by atoms with Crippen molar-refractivity contribution in [2.24, 2.45) is 0 Å². The lowest BCUT2D eigenvalue weighted by molar-refractivity contribution is -0.137. The van der Waals surface area contributed by atoms with E-state index in [0.717, 1.165) is 12.1 Å². The first-order chi connectivity index (χ1) is 10.8. The molecule has 124 valence electrons. The molecule has 23 heavy (non-hydrogen) atoms. The molecular weight excluding hydrogens is 311 g/mol. The van der Waals surface area contributed by atoms with Crippen LogP contribution in [0.4, 0.5) is 18.9 Å². The standard InChI is InChI=1S/C15H16F3N3O2/c1-2-21(7-8-22)10-11(9-19)14(23)20-13-6-4-3-5-12(13)15(16,17)18/h3-6,10,22H,2,7-8H2,1H3,(H,20,23)/b11-10-. The van der Waals surface area contributed by atoms with Gasteiger partial charge in [-0.3, -0.25) is 4.79 Å². The predicted octanol–water partition coefficient (Wildman–Crippen LogP) is 2.37. The van der Waals surface area contributed by atoms with E-state index in [9.17, 15) is 18.0 Å². The van der Waals surface area contributed by atoms with E-state index in [2.05, 4.69) is 5.32 Å². The molecule has 0 saturated carbocycles. The Bertz CT molecular complexity index is 621.